The van der Waals surface area contributed by atoms with Crippen molar-refractivity contribution in [2.24, 2.45) is 0 Å². The molecule has 1 aliphatic carbocycles. The van der Waals surface area contributed by atoms with Crippen LogP contribution in [0, 0.1) is 0 Å². The van der Waals surface area contributed by atoms with Crippen LogP contribution in [0.5, 0.6) is 0 Å². The van der Waals surface area contributed by atoms with Crippen molar-refractivity contribution in [3.05, 3.63) is 18.7 Å². The molecule has 1 aromatic heterocycles. The highest BCUT2D eigenvalue weighted by Gasteiger charge is 2.34. The number of hydrogen-bond acceptors (Lipinski definition) is 4. The fourth-order valence-electron chi connectivity index (χ4n) is 3.30. The van der Waals surface area contributed by atoms with Gasteiger partial charge in [0, 0.05) is 32.1 Å². The Morgan fingerprint density at radius 2 is 2.40 bits per heavy atom. The average Bonchev–Trinajstić information content (AvgIpc) is 3.19. The van der Waals surface area contributed by atoms with Crippen molar-refractivity contribution in [1.82, 2.24) is 20.2 Å². The predicted molar refractivity (Wildman–Crippen MR) is 74.3 cm³/mol. The number of amides is 1. The second-order valence-electron chi connectivity index (χ2n) is 5.68. The summed E-state index contributed by atoms with van der Waals surface area (Å²) in [5.41, 5.74) is 0. The molecular weight excluding hydrogens is 256 g/mol. The first-order valence-corrected chi connectivity index (χ1v) is 7.32. The van der Waals surface area contributed by atoms with Crippen LogP contribution < -0.4 is 10.6 Å². The summed E-state index contributed by atoms with van der Waals surface area (Å²) in [5, 5.41) is 6.42. The maximum absolute atomic E-state index is 12.3. The largest absolute Gasteiger partial charge is 0.380 e. The molecule has 4 unspecified atom stereocenters. The number of aromatic nitrogens is 2. The van der Waals surface area contributed by atoms with Crippen LogP contribution in [0.15, 0.2) is 18.7 Å². The Kier molecular flexibility index (Phi) is 4.03. The number of nitrogens with one attached hydrogen (secondary N) is 2. The highest BCUT2D eigenvalue weighted by Crippen LogP contribution is 2.30. The maximum atomic E-state index is 12.3. The molecule has 2 heterocycles. The van der Waals surface area contributed by atoms with E-state index in [0.29, 0.717) is 6.04 Å². The zero-order valence-electron chi connectivity index (χ0n) is 11.8. The molecule has 2 N–H and O–H groups in total. The number of methoxy groups -OCH3 is 1. The molecule has 0 spiro atoms. The van der Waals surface area contributed by atoms with E-state index in [9.17, 15) is 4.79 Å². The van der Waals surface area contributed by atoms with E-state index in [2.05, 4.69) is 20.2 Å². The molecule has 3 rings (SSSR count). The van der Waals surface area contributed by atoms with Gasteiger partial charge in [0.05, 0.1) is 24.5 Å². The highest BCUT2D eigenvalue weighted by atomic mass is 16.5. The second kappa shape index (κ2) is 5.93. The van der Waals surface area contributed by atoms with Crippen molar-refractivity contribution in [3.63, 3.8) is 0 Å². The Morgan fingerprint density at radius 1 is 1.50 bits per heavy atom. The quantitative estimate of drug-likeness (QED) is 0.840. The normalized spacial score (nSPS) is 33.5. The number of carbonyl (C=O) groups excluding carboxylic acids is 1. The average molecular weight is 278 g/mol. The first-order valence-electron chi connectivity index (χ1n) is 7.32. The van der Waals surface area contributed by atoms with Crippen molar-refractivity contribution in [1.29, 1.82) is 0 Å². The van der Waals surface area contributed by atoms with Gasteiger partial charge in [0.25, 0.3) is 0 Å². The third-order valence-corrected chi connectivity index (χ3v) is 4.46. The molecule has 20 heavy (non-hydrogen) atoms. The monoisotopic (exact) mass is 278 g/mol. The van der Waals surface area contributed by atoms with Gasteiger partial charge < -0.3 is 19.9 Å². The fourth-order valence-corrected chi connectivity index (χ4v) is 3.30. The van der Waals surface area contributed by atoms with Crippen LogP contribution in [-0.2, 0) is 9.53 Å². The minimum Gasteiger partial charge on any atom is -0.380 e. The molecule has 1 aliphatic heterocycles. The van der Waals surface area contributed by atoms with Crippen molar-refractivity contribution >= 4 is 5.91 Å². The SMILES string of the molecule is COC1CNC(C(=O)NC2CCCC2n2ccnc2)C1. The molecule has 2 aliphatic rings. The smallest absolute Gasteiger partial charge is 0.237 e. The minimum absolute atomic E-state index is 0.0987. The number of nitrogens with zero attached hydrogens (tertiary/aromatic N) is 2. The van der Waals surface area contributed by atoms with Gasteiger partial charge in [-0.2, -0.15) is 0 Å². The summed E-state index contributed by atoms with van der Waals surface area (Å²) in [7, 11) is 1.69. The van der Waals surface area contributed by atoms with Crippen LogP contribution in [0.1, 0.15) is 31.7 Å². The van der Waals surface area contributed by atoms with Crippen molar-refractivity contribution in [2.45, 2.75) is 49.9 Å². The Morgan fingerprint density at radius 3 is 3.10 bits per heavy atom. The summed E-state index contributed by atoms with van der Waals surface area (Å²) in [6.45, 7) is 0.754. The Labute approximate surface area is 118 Å². The predicted octanol–water partition coefficient (Wildman–Crippen LogP) is 0.470. The summed E-state index contributed by atoms with van der Waals surface area (Å²) >= 11 is 0. The minimum atomic E-state index is -0.121. The molecule has 1 amide bonds. The lowest BCUT2D eigenvalue weighted by atomic mass is 10.1. The van der Waals surface area contributed by atoms with Crippen LogP contribution in [0.2, 0.25) is 0 Å². The summed E-state index contributed by atoms with van der Waals surface area (Å²) in [5.74, 6) is 0.0987. The Hall–Kier alpha value is -1.40. The van der Waals surface area contributed by atoms with Gasteiger partial charge in [-0.3, -0.25) is 4.79 Å². The standard InChI is InChI=1S/C14H22N4O2/c1-20-10-7-12(16-8-10)14(19)17-11-3-2-4-13(11)18-6-5-15-9-18/h5-6,9-13,16H,2-4,7-8H2,1H3,(H,17,19). The molecule has 0 bridgehead atoms. The lowest BCUT2D eigenvalue weighted by Crippen LogP contribution is -2.46. The van der Waals surface area contributed by atoms with Crippen molar-refractivity contribution in [2.75, 3.05) is 13.7 Å². The Balaban J connectivity index is 1.58. The number of carbonyl (C=O) groups is 1. The lowest BCUT2D eigenvalue weighted by molar-refractivity contribution is -0.123. The second-order valence-corrected chi connectivity index (χ2v) is 5.68. The highest BCUT2D eigenvalue weighted by molar-refractivity contribution is 5.82. The molecule has 110 valence electrons. The van der Waals surface area contributed by atoms with Crippen LogP contribution in [0.3, 0.4) is 0 Å². The maximum Gasteiger partial charge on any atom is 0.237 e. The van der Waals surface area contributed by atoms with E-state index < -0.39 is 0 Å². The first-order chi connectivity index (χ1) is 9.78. The molecule has 0 aromatic carbocycles. The molecule has 4 atom stereocenters. The third kappa shape index (κ3) is 2.71. The lowest BCUT2D eigenvalue weighted by Gasteiger charge is -2.23. The summed E-state index contributed by atoms with van der Waals surface area (Å²) in [6, 6.07) is 0.421. The van der Waals surface area contributed by atoms with Crippen LogP contribution in [-0.4, -0.2) is 47.3 Å². The zero-order valence-corrected chi connectivity index (χ0v) is 11.8. The first kappa shape index (κ1) is 13.6. The summed E-state index contributed by atoms with van der Waals surface area (Å²) in [4.78, 5) is 16.4. The molecule has 1 aromatic rings. The molecule has 2 fully saturated rings. The number of hydrogen-bond donors (Lipinski definition) is 2. The number of rotatable bonds is 4. The van der Waals surface area contributed by atoms with E-state index in [1.165, 1.54) is 0 Å². The molecular formula is C14H22N4O2. The van der Waals surface area contributed by atoms with Crippen molar-refractivity contribution in [3.8, 4) is 0 Å². The molecule has 1 saturated carbocycles. The van der Waals surface area contributed by atoms with E-state index >= 15 is 0 Å². The summed E-state index contributed by atoms with van der Waals surface area (Å²) in [6.07, 6.45) is 9.79. The number of imidazole rings is 1. The van der Waals surface area contributed by atoms with Crippen LogP contribution >= 0.6 is 0 Å². The van der Waals surface area contributed by atoms with E-state index in [4.69, 9.17) is 4.74 Å². The Bertz CT molecular complexity index is 448. The molecule has 6 nitrogen and oxygen atoms in total. The van der Waals surface area contributed by atoms with Crippen LogP contribution in [0.4, 0.5) is 0 Å². The van der Waals surface area contributed by atoms with Gasteiger partial charge in [-0.05, 0) is 25.7 Å². The van der Waals surface area contributed by atoms with Gasteiger partial charge in [0.1, 0.15) is 0 Å². The van der Waals surface area contributed by atoms with Crippen LogP contribution in [0.25, 0.3) is 0 Å². The zero-order chi connectivity index (χ0) is 13.9. The van der Waals surface area contributed by atoms with Gasteiger partial charge in [-0.25, -0.2) is 4.98 Å². The van der Waals surface area contributed by atoms with Crippen molar-refractivity contribution < 1.29 is 9.53 Å². The van der Waals surface area contributed by atoms with Gasteiger partial charge in [0.15, 0.2) is 0 Å². The van der Waals surface area contributed by atoms with E-state index in [1.54, 1.807) is 13.3 Å². The van der Waals surface area contributed by atoms with E-state index in [1.807, 2.05) is 12.5 Å². The van der Waals surface area contributed by atoms with Gasteiger partial charge >= 0.3 is 0 Å². The molecule has 0 radical (unpaired) electrons. The number of ether oxygens (including phenoxy) is 1. The molecule has 1 saturated heterocycles. The van der Waals surface area contributed by atoms with Gasteiger partial charge in [-0.15, -0.1) is 0 Å². The van der Waals surface area contributed by atoms with E-state index in [0.717, 1.165) is 32.2 Å². The van der Waals surface area contributed by atoms with Gasteiger partial charge in [0.2, 0.25) is 5.91 Å². The third-order valence-electron chi connectivity index (χ3n) is 4.46. The topological polar surface area (TPSA) is 68.2 Å². The fraction of sp³-hybridized carbons (Fsp3) is 0.714. The molecule has 6 heteroatoms. The summed E-state index contributed by atoms with van der Waals surface area (Å²) < 4.78 is 7.40. The van der Waals surface area contributed by atoms with Gasteiger partial charge in [-0.1, -0.05) is 0 Å². The van der Waals surface area contributed by atoms with E-state index in [-0.39, 0.29) is 24.1 Å².